The molecule has 1 atom stereocenters. The molecule has 0 unspecified atom stereocenters. The van der Waals surface area contributed by atoms with E-state index in [9.17, 15) is 9.59 Å². The number of carbonyl (C=O) groups is 2. The number of hydrogen-bond donors (Lipinski definition) is 3. The molecule has 0 radical (unpaired) electrons. The van der Waals surface area contributed by atoms with Gasteiger partial charge in [-0.3, -0.25) is 9.89 Å². The van der Waals surface area contributed by atoms with Gasteiger partial charge in [0.1, 0.15) is 6.04 Å². The van der Waals surface area contributed by atoms with E-state index >= 15 is 0 Å². The fourth-order valence-electron chi connectivity index (χ4n) is 1.86. The van der Waals surface area contributed by atoms with E-state index in [2.05, 4.69) is 15.5 Å². The number of carboxylic acids is 1. The Morgan fingerprint density at radius 3 is 2.32 bits per heavy atom. The fraction of sp³-hybridized carbons (Fsp3) is 0.615. The number of aryl methyl sites for hydroxylation is 2. The molecule has 1 aromatic rings. The van der Waals surface area contributed by atoms with Crippen molar-refractivity contribution in [2.24, 2.45) is 5.41 Å². The van der Waals surface area contributed by atoms with Crippen molar-refractivity contribution in [1.82, 2.24) is 15.5 Å². The van der Waals surface area contributed by atoms with E-state index in [4.69, 9.17) is 5.11 Å². The molecule has 0 fully saturated rings. The molecule has 0 saturated heterocycles. The SMILES string of the molecule is Cc1n[nH]c(C)c1CC(=O)N[C@@H](C(=O)O)C(C)(C)C. The highest BCUT2D eigenvalue weighted by molar-refractivity contribution is 5.85. The molecule has 0 aliphatic rings. The number of aromatic nitrogens is 2. The molecule has 1 aromatic heterocycles. The maximum atomic E-state index is 12.0. The van der Waals surface area contributed by atoms with Crippen LogP contribution >= 0.6 is 0 Å². The van der Waals surface area contributed by atoms with Crippen LogP contribution in [0.25, 0.3) is 0 Å². The van der Waals surface area contributed by atoms with Gasteiger partial charge in [-0.25, -0.2) is 4.79 Å². The van der Waals surface area contributed by atoms with Gasteiger partial charge >= 0.3 is 5.97 Å². The largest absolute Gasteiger partial charge is 0.480 e. The lowest BCUT2D eigenvalue weighted by Gasteiger charge is -2.27. The maximum absolute atomic E-state index is 12.0. The molecule has 1 heterocycles. The Bertz CT molecular complexity index is 466. The topological polar surface area (TPSA) is 95.1 Å². The lowest BCUT2D eigenvalue weighted by molar-refractivity contribution is -0.144. The van der Waals surface area contributed by atoms with Crippen LogP contribution in [0, 0.1) is 19.3 Å². The number of rotatable bonds is 4. The standard InChI is InChI=1S/C13H21N3O3/c1-7-9(8(2)16-15-7)6-10(17)14-11(12(18)19)13(3,4)5/h11H,6H2,1-5H3,(H,14,17)(H,15,16)(H,18,19)/t11-/m0/s1. The van der Waals surface area contributed by atoms with Gasteiger partial charge in [-0.1, -0.05) is 20.8 Å². The monoisotopic (exact) mass is 267 g/mol. The molecule has 0 aromatic carbocycles. The Kier molecular flexibility index (Phi) is 4.34. The van der Waals surface area contributed by atoms with Crippen LogP contribution in [0.15, 0.2) is 0 Å². The molecule has 19 heavy (non-hydrogen) atoms. The molecule has 1 amide bonds. The fourth-order valence-corrected chi connectivity index (χ4v) is 1.86. The molecule has 6 nitrogen and oxygen atoms in total. The predicted molar refractivity (Wildman–Crippen MR) is 70.8 cm³/mol. The normalized spacial score (nSPS) is 13.1. The van der Waals surface area contributed by atoms with E-state index in [1.807, 2.05) is 13.8 Å². The lowest BCUT2D eigenvalue weighted by Crippen LogP contribution is -2.49. The summed E-state index contributed by atoms with van der Waals surface area (Å²) < 4.78 is 0. The number of carboxylic acid groups (broad SMARTS) is 1. The minimum absolute atomic E-state index is 0.133. The summed E-state index contributed by atoms with van der Waals surface area (Å²) in [6.07, 6.45) is 0.133. The first kappa shape index (κ1) is 15.2. The highest BCUT2D eigenvalue weighted by Crippen LogP contribution is 2.20. The molecular weight excluding hydrogens is 246 g/mol. The first-order chi connectivity index (χ1) is 8.62. The minimum Gasteiger partial charge on any atom is -0.480 e. The van der Waals surface area contributed by atoms with Gasteiger partial charge in [0.25, 0.3) is 0 Å². The number of nitrogens with one attached hydrogen (secondary N) is 2. The summed E-state index contributed by atoms with van der Waals surface area (Å²) >= 11 is 0. The van der Waals surface area contributed by atoms with E-state index in [1.54, 1.807) is 20.8 Å². The van der Waals surface area contributed by atoms with E-state index in [1.165, 1.54) is 0 Å². The Labute approximate surface area is 112 Å². The smallest absolute Gasteiger partial charge is 0.326 e. The van der Waals surface area contributed by atoms with Crippen molar-refractivity contribution < 1.29 is 14.7 Å². The Morgan fingerprint density at radius 1 is 1.37 bits per heavy atom. The molecule has 0 bridgehead atoms. The third-order valence-electron chi connectivity index (χ3n) is 3.04. The lowest BCUT2D eigenvalue weighted by atomic mass is 9.86. The van der Waals surface area contributed by atoms with Crippen LogP contribution in [0.2, 0.25) is 0 Å². The molecular formula is C13H21N3O3. The Morgan fingerprint density at radius 2 is 1.95 bits per heavy atom. The number of H-pyrrole nitrogens is 1. The summed E-state index contributed by atoms with van der Waals surface area (Å²) in [6, 6.07) is -0.910. The average molecular weight is 267 g/mol. The summed E-state index contributed by atoms with van der Waals surface area (Å²) in [5.74, 6) is -1.34. The maximum Gasteiger partial charge on any atom is 0.326 e. The summed E-state index contributed by atoms with van der Waals surface area (Å²) in [5.41, 5.74) is 1.86. The van der Waals surface area contributed by atoms with Crippen LogP contribution in [0.1, 0.15) is 37.7 Å². The van der Waals surface area contributed by atoms with E-state index in [0.717, 1.165) is 17.0 Å². The molecule has 0 saturated carbocycles. The zero-order valence-corrected chi connectivity index (χ0v) is 12.0. The van der Waals surface area contributed by atoms with Crippen molar-refractivity contribution in [2.75, 3.05) is 0 Å². The van der Waals surface area contributed by atoms with Crippen molar-refractivity contribution >= 4 is 11.9 Å². The van der Waals surface area contributed by atoms with Gasteiger partial charge in [-0.05, 0) is 19.3 Å². The van der Waals surface area contributed by atoms with Crippen molar-refractivity contribution in [3.8, 4) is 0 Å². The number of aromatic amines is 1. The minimum atomic E-state index is -1.03. The van der Waals surface area contributed by atoms with E-state index < -0.39 is 17.4 Å². The summed E-state index contributed by atoms with van der Waals surface area (Å²) in [7, 11) is 0. The van der Waals surface area contributed by atoms with Crippen molar-refractivity contribution in [1.29, 1.82) is 0 Å². The van der Waals surface area contributed by atoms with E-state index in [-0.39, 0.29) is 12.3 Å². The molecule has 0 spiro atoms. The Hall–Kier alpha value is -1.85. The van der Waals surface area contributed by atoms with Gasteiger partial charge in [-0.2, -0.15) is 5.10 Å². The van der Waals surface area contributed by atoms with Crippen LogP contribution in [-0.2, 0) is 16.0 Å². The second kappa shape index (κ2) is 5.42. The number of carbonyl (C=O) groups excluding carboxylic acids is 1. The zero-order chi connectivity index (χ0) is 14.8. The highest BCUT2D eigenvalue weighted by atomic mass is 16.4. The molecule has 0 aliphatic carbocycles. The zero-order valence-electron chi connectivity index (χ0n) is 12.0. The summed E-state index contributed by atoms with van der Waals surface area (Å²) in [5, 5.41) is 18.5. The molecule has 3 N–H and O–H groups in total. The number of hydrogen-bond acceptors (Lipinski definition) is 3. The first-order valence-corrected chi connectivity index (χ1v) is 6.15. The summed E-state index contributed by atoms with van der Waals surface area (Å²) in [4.78, 5) is 23.1. The molecule has 0 aliphatic heterocycles. The van der Waals surface area contributed by atoms with Gasteiger partial charge in [0, 0.05) is 11.3 Å². The molecule has 6 heteroatoms. The van der Waals surface area contributed by atoms with Gasteiger partial charge < -0.3 is 10.4 Å². The van der Waals surface area contributed by atoms with Gasteiger partial charge in [0.05, 0.1) is 12.1 Å². The Balaban J connectivity index is 2.77. The second-order valence-electron chi connectivity index (χ2n) is 5.79. The quantitative estimate of drug-likeness (QED) is 0.763. The second-order valence-corrected chi connectivity index (χ2v) is 5.79. The number of aliphatic carboxylic acids is 1. The average Bonchev–Trinajstić information content (AvgIpc) is 2.55. The third kappa shape index (κ3) is 3.81. The number of nitrogens with zero attached hydrogens (tertiary/aromatic N) is 1. The predicted octanol–water partition coefficient (Wildman–Crippen LogP) is 1.18. The van der Waals surface area contributed by atoms with Crippen molar-refractivity contribution in [3.63, 3.8) is 0 Å². The van der Waals surface area contributed by atoms with Crippen LogP contribution in [-0.4, -0.2) is 33.2 Å². The summed E-state index contributed by atoms with van der Waals surface area (Å²) in [6.45, 7) is 8.98. The van der Waals surface area contributed by atoms with Gasteiger partial charge in [0.2, 0.25) is 5.91 Å². The first-order valence-electron chi connectivity index (χ1n) is 6.15. The van der Waals surface area contributed by atoms with Crippen molar-refractivity contribution in [2.45, 2.75) is 47.1 Å². The third-order valence-corrected chi connectivity index (χ3v) is 3.04. The van der Waals surface area contributed by atoms with Crippen LogP contribution in [0.5, 0.6) is 0 Å². The van der Waals surface area contributed by atoms with Crippen molar-refractivity contribution in [3.05, 3.63) is 17.0 Å². The number of amides is 1. The van der Waals surface area contributed by atoms with E-state index in [0.29, 0.717) is 0 Å². The molecule has 106 valence electrons. The van der Waals surface area contributed by atoms with Crippen LogP contribution in [0.3, 0.4) is 0 Å². The van der Waals surface area contributed by atoms with Crippen LogP contribution in [0.4, 0.5) is 0 Å². The van der Waals surface area contributed by atoms with Gasteiger partial charge in [-0.15, -0.1) is 0 Å². The molecule has 1 rings (SSSR count). The van der Waals surface area contributed by atoms with Gasteiger partial charge in [0.15, 0.2) is 0 Å². The highest BCUT2D eigenvalue weighted by Gasteiger charge is 2.32. The van der Waals surface area contributed by atoms with Crippen LogP contribution < -0.4 is 5.32 Å².